The zero-order valence-electron chi connectivity index (χ0n) is 17.9. The minimum absolute atomic E-state index is 0. The molecule has 30 heavy (non-hydrogen) atoms. The van der Waals surface area contributed by atoms with E-state index in [1.807, 2.05) is 0 Å². The maximum Gasteiger partial charge on any atom is 0.259 e. The van der Waals surface area contributed by atoms with Gasteiger partial charge in [0.25, 0.3) is 11.6 Å². The summed E-state index contributed by atoms with van der Waals surface area (Å²) in [6.07, 6.45) is 3.11. The van der Waals surface area contributed by atoms with Crippen molar-refractivity contribution in [3.63, 3.8) is 0 Å². The number of aromatic nitrogens is 4. The summed E-state index contributed by atoms with van der Waals surface area (Å²) in [7, 11) is 2.10. The van der Waals surface area contributed by atoms with Gasteiger partial charge in [0.05, 0.1) is 22.7 Å². The van der Waals surface area contributed by atoms with Gasteiger partial charge in [-0.05, 0) is 37.8 Å². The maximum atomic E-state index is 5.76. The van der Waals surface area contributed by atoms with Crippen molar-refractivity contribution in [2.75, 3.05) is 26.7 Å². The molecule has 2 aliphatic rings. The minimum atomic E-state index is 0. The Labute approximate surface area is 182 Å². The second-order valence-corrected chi connectivity index (χ2v) is 9.57. The van der Waals surface area contributed by atoms with Gasteiger partial charge in [0.2, 0.25) is 0 Å². The van der Waals surface area contributed by atoms with Crippen LogP contribution in [-0.4, -0.2) is 51.9 Å². The minimum Gasteiger partial charge on any atom is -0.336 e. The molecule has 0 spiro atoms. The molecule has 5 rings (SSSR count). The molecule has 162 valence electrons. The molecule has 9 heteroatoms. The van der Waals surface area contributed by atoms with E-state index in [0.29, 0.717) is 23.3 Å². The first kappa shape index (κ1) is 21.2. The van der Waals surface area contributed by atoms with Crippen molar-refractivity contribution >= 4 is 23.5 Å². The molecule has 1 aliphatic heterocycles. The van der Waals surface area contributed by atoms with E-state index in [0.717, 1.165) is 61.2 Å². The molecule has 4 heterocycles. The predicted molar refractivity (Wildman–Crippen MR) is 116 cm³/mol. The molecule has 1 N–H and O–H groups in total. The molecule has 1 saturated carbocycles. The lowest BCUT2D eigenvalue weighted by Gasteiger charge is -2.30. The number of hydrogen-bond donors (Lipinski definition) is 1. The van der Waals surface area contributed by atoms with Gasteiger partial charge in [-0.15, -0.1) is 12.4 Å². The number of nitrogens with one attached hydrogen (secondary N) is 1. The number of piperazine rings is 1. The van der Waals surface area contributed by atoms with Crippen LogP contribution in [0.15, 0.2) is 15.1 Å². The normalized spacial score (nSPS) is 20.5. The van der Waals surface area contributed by atoms with Crippen molar-refractivity contribution in [3.05, 3.63) is 23.3 Å². The molecular weight excluding hydrogens is 404 g/mol. The molecule has 1 unspecified atom stereocenters. The van der Waals surface area contributed by atoms with Crippen LogP contribution in [0, 0.1) is 5.41 Å². The van der Waals surface area contributed by atoms with Crippen LogP contribution in [0.3, 0.4) is 0 Å². The summed E-state index contributed by atoms with van der Waals surface area (Å²) < 4.78 is 11.4. The third-order valence-corrected chi connectivity index (χ3v) is 5.71. The molecule has 2 fully saturated rings. The van der Waals surface area contributed by atoms with Crippen molar-refractivity contribution < 1.29 is 9.05 Å². The molecular formula is C21H29ClN6O2. The predicted octanol–water partition coefficient (Wildman–Crippen LogP) is 3.74. The maximum absolute atomic E-state index is 5.76. The van der Waals surface area contributed by atoms with Crippen LogP contribution in [0.25, 0.3) is 22.6 Å². The van der Waals surface area contributed by atoms with Crippen molar-refractivity contribution in [3.8, 4) is 11.5 Å². The summed E-state index contributed by atoms with van der Waals surface area (Å²) in [6.45, 7) is 9.32. The molecule has 3 aromatic rings. The average Bonchev–Trinajstić information content (AvgIpc) is 3.28. The highest BCUT2D eigenvalue weighted by Crippen LogP contribution is 2.42. The van der Waals surface area contributed by atoms with E-state index in [9.17, 15) is 0 Å². The van der Waals surface area contributed by atoms with E-state index in [2.05, 4.69) is 54.4 Å². The summed E-state index contributed by atoms with van der Waals surface area (Å²) in [5.74, 6) is 1.72. The van der Waals surface area contributed by atoms with E-state index in [4.69, 9.17) is 19.0 Å². The van der Waals surface area contributed by atoms with Crippen molar-refractivity contribution in [2.45, 2.75) is 52.0 Å². The lowest BCUT2D eigenvalue weighted by molar-refractivity contribution is 0.190. The van der Waals surface area contributed by atoms with Gasteiger partial charge < -0.3 is 14.4 Å². The van der Waals surface area contributed by atoms with Crippen molar-refractivity contribution in [1.29, 1.82) is 0 Å². The molecule has 0 amide bonds. The van der Waals surface area contributed by atoms with Gasteiger partial charge >= 0.3 is 0 Å². The van der Waals surface area contributed by atoms with Crippen molar-refractivity contribution in [2.24, 2.45) is 5.41 Å². The highest BCUT2D eigenvalue weighted by Gasteiger charge is 2.31. The molecule has 8 nitrogen and oxygen atoms in total. The van der Waals surface area contributed by atoms with Gasteiger partial charge in [-0.3, -0.25) is 4.90 Å². The number of rotatable bonds is 4. The van der Waals surface area contributed by atoms with E-state index in [1.165, 1.54) is 0 Å². The molecule has 1 aliphatic carbocycles. The number of likely N-dealkylation sites (N-methyl/N-ethyl adjacent to an activating group) is 1. The number of fused-ring (bicyclic) bond motifs is 1. The van der Waals surface area contributed by atoms with Crippen LogP contribution in [-0.2, 0) is 6.42 Å². The molecule has 3 aromatic heterocycles. The quantitative estimate of drug-likeness (QED) is 0.666. The topological polar surface area (TPSA) is 93.1 Å². The highest BCUT2D eigenvalue weighted by molar-refractivity contribution is 5.91. The van der Waals surface area contributed by atoms with Crippen molar-refractivity contribution in [1.82, 2.24) is 30.5 Å². The van der Waals surface area contributed by atoms with Crippen LogP contribution in [0.2, 0.25) is 0 Å². The van der Waals surface area contributed by atoms with Crippen LogP contribution in [0.4, 0.5) is 0 Å². The second-order valence-electron chi connectivity index (χ2n) is 9.57. The van der Waals surface area contributed by atoms with E-state index in [1.54, 1.807) is 0 Å². The van der Waals surface area contributed by atoms with Crippen LogP contribution in [0.1, 0.15) is 62.8 Å². The molecule has 0 aromatic carbocycles. The van der Waals surface area contributed by atoms with Gasteiger partial charge in [0.1, 0.15) is 0 Å². The Balaban J connectivity index is 0.00000218. The molecule has 1 atom stereocenters. The zero-order chi connectivity index (χ0) is 20.2. The van der Waals surface area contributed by atoms with Gasteiger partial charge in [-0.1, -0.05) is 31.1 Å². The Morgan fingerprint density at radius 2 is 1.97 bits per heavy atom. The summed E-state index contributed by atoms with van der Waals surface area (Å²) in [5, 5.41) is 13.0. The number of halogens is 1. The summed E-state index contributed by atoms with van der Waals surface area (Å²) in [5.41, 5.74) is 3.46. The van der Waals surface area contributed by atoms with E-state index >= 15 is 0 Å². The monoisotopic (exact) mass is 432 g/mol. The van der Waals surface area contributed by atoms with Crippen LogP contribution >= 0.6 is 12.4 Å². The van der Waals surface area contributed by atoms with E-state index in [-0.39, 0.29) is 23.9 Å². The van der Waals surface area contributed by atoms with Gasteiger partial charge in [-0.25, -0.2) is 4.98 Å². The second kappa shape index (κ2) is 7.90. The first-order valence-corrected chi connectivity index (χ1v) is 10.4. The zero-order valence-corrected chi connectivity index (χ0v) is 18.8. The number of pyridine rings is 1. The summed E-state index contributed by atoms with van der Waals surface area (Å²) >= 11 is 0. The Hall–Kier alpha value is -2.03. The highest BCUT2D eigenvalue weighted by atomic mass is 35.5. The lowest BCUT2D eigenvalue weighted by Crippen LogP contribution is -2.44. The fourth-order valence-corrected chi connectivity index (χ4v) is 3.98. The third kappa shape index (κ3) is 4.08. The molecule has 1 saturated heterocycles. The summed E-state index contributed by atoms with van der Waals surface area (Å²) in [6, 6.07) is 2.21. The fourth-order valence-electron chi connectivity index (χ4n) is 3.98. The number of nitrogens with zero attached hydrogens (tertiary/aromatic N) is 5. The third-order valence-electron chi connectivity index (χ3n) is 5.71. The number of hydrogen-bond acceptors (Lipinski definition) is 8. The van der Waals surface area contributed by atoms with E-state index < -0.39 is 0 Å². The Bertz CT molecular complexity index is 1040. The lowest BCUT2D eigenvalue weighted by atomic mass is 9.89. The SMILES string of the molecule is CN1CCNCC1c1noc(-c2cc(C3CC3)nc3onc(CC(C)(C)C)c23)n1.Cl. The first-order valence-electron chi connectivity index (χ1n) is 10.4. The molecule has 0 bridgehead atoms. The fraction of sp³-hybridized carbons (Fsp3) is 0.619. The smallest absolute Gasteiger partial charge is 0.259 e. The first-order chi connectivity index (χ1) is 13.9. The van der Waals surface area contributed by atoms with Gasteiger partial charge in [0.15, 0.2) is 5.82 Å². The van der Waals surface area contributed by atoms with Crippen LogP contribution in [0.5, 0.6) is 0 Å². The Kier molecular flexibility index (Phi) is 5.59. The van der Waals surface area contributed by atoms with Gasteiger partial charge in [-0.2, -0.15) is 4.98 Å². The summed E-state index contributed by atoms with van der Waals surface area (Å²) in [4.78, 5) is 11.8. The average molecular weight is 433 g/mol. The van der Waals surface area contributed by atoms with Crippen LogP contribution < -0.4 is 5.32 Å². The standard InChI is InChI=1S/C21H28N6O2.ClH/c1-21(2,3)10-15-17-13(9-14(12-5-6-12)23-20(17)29-25-15)19-24-18(26-28-19)16-11-22-7-8-27(16)4;/h9,12,16,22H,5-8,10-11H2,1-4H3;1H. The van der Waals surface area contributed by atoms with Gasteiger partial charge in [0, 0.05) is 31.2 Å². The Morgan fingerprint density at radius 1 is 1.17 bits per heavy atom. The molecule has 0 radical (unpaired) electrons. The largest absolute Gasteiger partial charge is 0.336 e. The Morgan fingerprint density at radius 3 is 2.67 bits per heavy atom.